The van der Waals surface area contributed by atoms with Crippen LogP contribution in [0.3, 0.4) is 0 Å². The number of aromatic nitrogens is 5. The lowest BCUT2D eigenvalue weighted by molar-refractivity contribution is 0.0930. The Morgan fingerprint density at radius 3 is 2.67 bits per heavy atom. The number of fused-ring (bicyclic) bond motifs is 1. The van der Waals surface area contributed by atoms with Crippen molar-refractivity contribution in [2.75, 3.05) is 0 Å². The number of carbonyl (C=O) groups excluding carboxylic acids is 1. The number of benzene rings is 1. The summed E-state index contributed by atoms with van der Waals surface area (Å²) in [5, 5.41) is 16.0. The van der Waals surface area contributed by atoms with Gasteiger partial charge in [0.05, 0.1) is 18.0 Å². The van der Waals surface area contributed by atoms with Crippen LogP contribution >= 0.6 is 0 Å². The molecule has 1 amide bonds. The predicted octanol–water partition coefficient (Wildman–Crippen LogP) is 3.67. The molecule has 0 spiro atoms. The van der Waals surface area contributed by atoms with Gasteiger partial charge in [-0.1, -0.05) is 24.3 Å². The Labute approximate surface area is 171 Å². The highest BCUT2D eigenvalue weighted by Crippen LogP contribution is 2.23. The average molecular weight is 398 g/mol. The fraction of sp³-hybridized carbons (Fsp3) is 0.0909. The van der Waals surface area contributed by atoms with Crippen LogP contribution in [0.2, 0.25) is 0 Å². The number of nitrogens with one attached hydrogen (secondary N) is 1. The first kappa shape index (κ1) is 17.9. The van der Waals surface area contributed by atoms with Gasteiger partial charge in [0.1, 0.15) is 11.4 Å². The maximum absolute atomic E-state index is 13.2. The van der Waals surface area contributed by atoms with Crippen LogP contribution in [0.1, 0.15) is 29.3 Å². The lowest BCUT2D eigenvalue weighted by Gasteiger charge is -2.13. The van der Waals surface area contributed by atoms with Crippen LogP contribution in [-0.2, 0) is 0 Å². The fourth-order valence-corrected chi connectivity index (χ4v) is 3.34. The summed E-state index contributed by atoms with van der Waals surface area (Å²) in [7, 11) is 0. The third kappa shape index (κ3) is 3.14. The number of nitrogens with zero attached hydrogens (tertiary/aromatic N) is 5. The molecule has 8 heteroatoms. The summed E-state index contributed by atoms with van der Waals surface area (Å²) in [4.78, 5) is 13.2. The topological polar surface area (TPSA) is 90.2 Å². The standard InChI is InChI=1S/C22H18N6O2/c1-15(21-25-24-20-11-5-6-12-27(20)21)23-22(29)18-14-17(19-10-7-13-30-19)26-28(18)16-8-3-2-4-9-16/h2-15H,1H3,(H,23,29). The van der Waals surface area contributed by atoms with E-state index in [4.69, 9.17) is 4.42 Å². The van der Waals surface area contributed by atoms with Gasteiger partial charge >= 0.3 is 0 Å². The van der Waals surface area contributed by atoms with Crippen molar-refractivity contribution in [2.45, 2.75) is 13.0 Å². The molecule has 30 heavy (non-hydrogen) atoms. The Bertz CT molecular complexity index is 1300. The zero-order valence-corrected chi connectivity index (χ0v) is 16.1. The Morgan fingerprint density at radius 2 is 1.87 bits per heavy atom. The van der Waals surface area contributed by atoms with Crippen molar-refractivity contribution in [3.8, 4) is 17.1 Å². The smallest absolute Gasteiger partial charge is 0.270 e. The van der Waals surface area contributed by atoms with Gasteiger partial charge in [-0.25, -0.2) is 4.68 Å². The van der Waals surface area contributed by atoms with E-state index in [1.54, 1.807) is 23.1 Å². The van der Waals surface area contributed by atoms with Crippen molar-refractivity contribution in [1.82, 2.24) is 29.7 Å². The molecule has 5 aromatic rings. The van der Waals surface area contributed by atoms with E-state index in [2.05, 4.69) is 20.6 Å². The summed E-state index contributed by atoms with van der Waals surface area (Å²) in [5.74, 6) is 0.968. The highest BCUT2D eigenvalue weighted by atomic mass is 16.3. The Balaban J connectivity index is 1.50. The van der Waals surface area contributed by atoms with Crippen LogP contribution in [0.15, 0.2) is 83.6 Å². The van der Waals surface area contributed by atoms with E-state index in [-0.39, 0.29) is 11.9 Å². The molecule has 4 heterocycles. The minimum atomic E-state index is -0.360. The first-order chi connectivity index (χ1) is 14.7. The lowest BCUT2D eigenvalue weighted by atomic mass is 10.2. The molecule has 8 nitrogen and oxygen atoms in total. The van der Waals surface area contributed by atoms with Crippen LogP contribution in [0.5, 0.6) is 0 Å². The van der Waals surface area contributed by atoms with E-state index in [9.17, 15) is 4.79 Å². The summed E-state index contributed by atoms with van der Waals surface area (Å²) in [6.45, 7) is 1.87. The van der Waals surface area contributed by atoms with Gasteiger partial charge < -0.3 is 9.73 Å². The molecular weight excluding hydrogens is 380 g/mol. The summed E-state index contributed by atoms with van der Waals surface area (Å²) < 4.78 is 8.93. The molecule has 0 saturated heterocycles. The zero-order valence-electron chi connectivity index (χ0n) is 16.1. The number of hydrogen-bond donors (Lipinski definition) is 1. The van der Waals surface area contributed by atoms with Gasteiger partial charge in [0, 0.05) is 12.3 Å². The molecule has 0 aliphatic heterocycles. The van der Waals surface area contributed by atoms with Crippen LogP contribution < -0.4 is 5.32 Å². The summed E-state index contributed by atoms with van der Waals surface area (Å²) in [5.41, 5.74) is 2.48. The number of para-hydroxylation sites is 1. The van der Waals surface area contributed by atoms with E-state index >= 15 is 0 Å². The number of furan rings is 1. The molecule has 0 aliphatic rings. The van der Waals surface area contributed by atoms with Gasteiger partial charge in [-0.05, 0) is 43.3 Å². The molecule has 0 radical (unpaired) electrons. The van der Waals surface area contributed by atoms with Crippen molar-refractivity contribution in [3.63, 3.8) is 0 Å². The van der Waals surface area contributed by atoms with Crippen LogP contribution in [0.4, 0.5) is 0 Å². The highest BCUT2D eigenvalue weighted by Gasteiger charge is 2.22. The minimum Gasteiger partial charge on any atom is -0.463 e. The van der Waals surface area contributed by atoms with E-state index in [1.165, 1.54) is 0 Å². The highest BCUT2D eigenvalue weighted by molar-refractivity contribution is 5.94. The largest absolute Gasteiger partial charge is 0.463 e. The number of pyridine rings is 1. The van der Waals surface area contributed by atoms with Crippen molar-refractivity contribution in [1.29, 1.82) is 0 Å². The summed E-state index contributed by atoms with van der Waals surface area (Å²) in [6.07, 6.45) is 3.45. The first-order valence-electron chi connectivity index (χ1n) is 9.50. The van der Waals surface area contributed by atoms with E-state index < -0.39 is 0 Å². The molecule has 1 atom stereocenters. The van der Waals surface area contributed by atoms with Crippen molar-refractivity contribution in [3.05, 3.63) is 90.7 Å². The Morgan fingerprint density at radius 1 is 1.03 bits per heavy atom. The SMILES string of the molecule is CC(NC(=O)c1cc(-c2ccco2)nn1-c1ccccc1)c1nnc2ccccn12. The van der Waals surface area contributed by atoms with Crippen molar-refractivity contribution < 1.29 is 9.21 Å². The molecule has 0 bridgehead atoms. The Hall–Kier alpha value is -4.20. The molecule has 148 valence electrons. The molecular formula is C22H18N6O2. The molecule has 0 aliphatic carbocycles. The van der Waals surface area contributed by atoms with Gasteiger partial charge in [0.2, 0.25) is 0 Å². The maximum atomic E-state index is 13.2. The van der Waals surface area contributed by atoms with Crippen LogP contribution in [-0.4, -0.2) is 30.3 Å². The molecule has 4 aromatic heterocycles. The molecule has 1 N–H and O–H groups in total. The fourth-order valence-electron chi connectivity index (χ4n) is 3.34. The van der Waals surface area contributed by atoms with Crippen LogP contribution in [0.25, 0.3) is 22.8 Å². The first-order valence-corrected chi connectivity index (χ1v) is 9.50. The summed E-state index contributed by atoms with van der Waals surface area (Å²) in [6, 6.07) is 20.1. The molecule has 0 saturated carbocycles. The molecule has 1 aromatic carbocycles. The number of carbonyl (C=O) groups is 1. The number of hydrogen-bond acceptors (Lipinski definition) is 5. The quantitative estimate of drug-likeness (QED) is 0.488. The van der Waals surface area contributed by atoms with Crippen molar-refractivity contribution >= 4 is 11.6 Å². The second-order valence-corrected chi connectivity index (χ2v) is 6.82. The second kappa shape index (κ2) is 7.32. The normalized spacial score (nSPS) is 12.2. The second-order valence-electron chi connectivity index (χ2n) is 6.82. The minimum absolute atomic E-state index is 0.274. The van der Waals surface area contributed by atoms with E-state index in [1.807, 2.05) is 72.1 Å². The monoisotopic (exact) mass is 398 g/mol. The third-order valence-electron chi connectivity index (χ3n) is 4.79. The van der Waals surface area contributed by atoms with Gasteiger partial charge in [0.15, 0.2) is 17.2 Å². The average Bonchev–Trinajstić information content (AvgIpc) is 3.53. The van der Waals surface area contributed by atoms with E-state index in [0.717, 1.165) is 11.3 Å². The van der Waals surface area contributed by atoms with Gasteiger partial charge in [-0.15, -0.1) is 10.2 Å². The van der Waals surface area contributed by atoms with E-state index in [0.29, 0.717) is 23.0 Å². The Kier molecular flexibility index (Phi) is 4.36. The predicted molar refractivity (Wildman–Crippen MR) is 110 cm³/mol. The van der Waals surface area contributed by atoms with Gasteiger partial charge in [0.25, 0.3) is 5.91 Å². The molecule has 0 fully saturated rings. The number of rotatable bonds is 5. The maximum Gasteiger partial charge on any atom is 0.270 e. The molecule has 5 rings (SSSR count). The number of amides is 1. The van der Waals surface area contributed by atoms with Crippen molar-refractivity contribution in [2.24, 2.45) is 0 Å². The van der Waals surface area contributed by atoms with Crippen LogP contribution in [0, 0.1) is 0 Å². The van der Waals surface area contributed by atoms with Gasteiger partial charge in [-0.2, -0.15) is 5.10 Å². The molecule has 1 unspecified atom stereocenters. The lowest BCUT2D eigenvalue weighted by Crippen LogP contribution is -2.29. The van der Waals surface area contributed by atoms with Gasteiger partial charge in [-0.3, -0.25) is 9.20 Å². The third-order valence-corrected chi connectivity index (χ3v) is 4.79. The summed E-state index contributed by atoms with van der Waals surface area (Å²) >= 11 is 0. The zero-order chi connectivity index (χ0) is 20.5.